The molecule has 2 saturated heterocycles. The van der Waals surface area contributed by atoms with E-state index in [1.165, 1.54) is 19.3 Å². The lowest BCUT2D eigenvalue weighted by molar-refractivity contribution is -0.144. The Kier molecular flexibility index (Phi) is 2.60. The van der Waals surface area contributed by atoms with Crippen LogP contribution in [0, 0.1) is 5.92 Å². The number of amides is 2. The number of nitrogens with zero attached hydrogens (tertiary/aromatic N) is 2. The van der Waals surface area contributed by atoms with Crippen molar-refractivity contribution in [2.45, 2.75) is 51.1 Å². The third-order valence-electron chi connectivity index (χ3n) is 4.63. The van der Waals surface area contributed by atoms with Crippen LogP contribution >= 0.6 is 0 Å². The molecule has 1 saturated carbocycles. The Hall–Kier alpha value is -1.06. The van der Waals surface area contributed by atoms with Gasteiger partial charge in [-0.3, -0.25) is 9.59 Å². The summed E-state index contributed by atoms with van der Waals surface area (Å²) in [7, 11) is 0. The summed E-state index contributed by atoms with van der Waals surface area (Å²) in [6.45, 7) is 3.27. The van der Waals surface area contributed by atoms with Gasteiger partial charge in [-0.1, -0.05) is 0 Å². The molecule has 2 heterocycles. The van der Waals surface area contributed by atoms with E-state index < -0.39 is 0 Å². The van der Waals surface area contributed by atoms with Crippen LogP contribution in [0.2, 0.25) is 0 Å². The first-order valence-electron chi connectivity index (χ1n) is 6.74. The van der Waals surface area contributed by atoms with Gasteiger partial charge in [0.2, 0.25) is 11.8 Å². The highest BCUT2D eigenvalue weighted by Gasteiger charge is 2.44. The highest BCUT2D eigenvalue weighted by molar-refractivity contribution is 5.88. The first-order chi connectivity index (χ1) is 8.16. The van der Waals surface area contributed by atoms with Crippen molar-refractivity contribution in [1.29, 1.82) is 0 Å². The minimum absolute atomic E-state index is 0.0465. The maximum atomic E-state index is 12.5. The Morgan fingerprint density at radius 3 is 2.53 bits per heavy atom. The fourth-order valence-corrected chi connectivity index (χ4v) is 3.79. The molecule has 1 aliphatic carbocycles. The van der Waals surface area contributed by atoms with Crippen molar-refractivity contribution < 1.29 is 9.59 Å². The van der Waals surface area contributed by atoms with Gasteiger partial charge in [0.25, 0.3) is 0 Å². The monoisotopic (exact) mass is 236 g/mol. The number of carbonyl (C=O) groups excluding carboxylic acids is 2. The van der Waals surface area contributed by atoms with Crippen LogP contribution < -0.4 is 0 Å². The summed E-state index contributed by atoms with van der Waals surface area (Å²) in [5.74, 6) is 0.992. The lowest BCUT2D eigenvalue weighted by Crippen LogP contribution is -2.49. The Morgan fingerprint density at radius 1 is 1.12 bits per heavy atom. The Bertz CT molecular complexity index is 355. The fraction of sp³-hybridized carbons (Fsp3) is 0.846. The molecule has 4 nitrogen and oxygen atoms in total. The summed E-state index contributed by atoms with van der Waals surface area (Å²) >= 11 is 0. The number of piperidine rings is 1. The molecule has 2 aliphatic heterocycles. The molecule has 3 rings (SSSR count). The normalized spacial score (nSPS) is 35.7. The quantitative estimate of drug-likeness (QED) is 0.681. The van der Waals surface area contributed by atoms with Crippen molar-refractivity contribution in [3.8, 4) is 0 Å². The predicted molar refractivity (Wildman–Crippen MR) is 63.3 cm³/mol. The average Bonchev–Trinajstić information content (AvgIpc) is 3.02. The molecule has 3 fully saturated rings. The molecule has 2 amide bonds. The lowest BCUT2D eigenvalue weighted by Gasteiger charge is -2.32. The highest BCUT2D eigenvalue weighted by Crippen LogP contribution is 2.38. The predicted octanol–water partition coefficient (Wildman–Crippen LogP) is 1.01. The molecule has 17 heavy (non-hydrogen) atoms. The van der Waals surface area contributed by atoms with Gasteiger partial charge in [-0.2, -0.15) is 0 Å². The van der Waals surface area contributed by atoms with Crippen molar-refractivity contribution in [3.05, 3.63) is 0 Å². The van der Waals surface area contributed by atoms with Crippen molar-refractivity contribution in [1.82, 2.24) is 9.80 Å². The van der Waals surface area contributed by atoms with E-state index in [9.17, 15) is 9.59 Å². The van der Waals surface area contributed by atoms with E-state index in [0.717, 1.165) is 31.8 Å². The van der Waals surface area contributed by atoms with Crippen LogP contribution in [0.25, 0.3) is 0 Å². The van der Waals surface area contributed by atoms with Gasteiger partial charge in [-0.25, -0.2) is 0 Å². The zero-order valence-corrected chi connectivity index (χ0v) is 10.4. The van der Waals surface area contributed by atoms with Crippen molar-refractivity contribution >= 4 is 11.8 Å². The standard InChI is InChI=1S/C13H20N2O2/c1-9(16)14-6-2-3-12(14)13(17)15-8-10-4-5-11(15)7-10/h10-12H,2-8H2,1H3/t10?,11?,12-/m0/s1. The van der Waals surface area contributed by atoms with Gasteiger partial charge in [0.05, 0.1) is 0 Å². The SMILES string of the molecule is CC(=O)N1CCC[C@H]1C(=O)N1CC2CCC1C2. The highest BCUT2D eigenvalue weighted by atomic mass is 16.2. The Balaban J connectivity index is 1.71. The second-order valence-electron chi connectivity index (χ2n) is 5.69. The number of fused-ring (bicyclic) bond motifs is 2. The van der Waals surface area contributed by atoms with Gasteiger partial charge < -0.3 is 9.80 Å². The molecule has 0 N–H and O–H groups in total. The third kappa shape index (κ3) is 1.74. The van der Waals surface area contributed by atoms with Crippen LogP contribution in [-0.2, 0) is 9.59 Å². The van der Waals surface area contributed by atoms with Gasteiger partial charge in [0, 0.05) is 26.1 Å². The molecule has 0 aromatic carbocycles. The zero-order valence-electron chi connectivity index (χ0n) is 10.4. The van der Waals surface area contributed by atoms with Gasteiger partial charge >= 0.3 is 0 Å². The average molecular weight is 236 g/mol. The number of hydrogen-bond donors (Lipinski definition) is 0. The van der Waals surface area contributed by atoms with E-state index in [0.29, 0.717) is 6.04 Å². The molecule has 94 valence electrons. The summed E-state index contributed by atoms with van der Waals surface area (Å²) in [5.41, 5.74) is 0. The zero-order chi connectivity index (χ0) is 12.0. The summed E-state index contributed by atoms with van der Waals surface area (Å²) in [5, 5.41) is 0. The summed E-state index contributed by atoms with van der Waals surface area (Å²) in [6, 6.07) is 0.314. The first-order valence-corrected chi connectivity index (χ1v) is 6.74. The topological polar surface area (TPSA) is 40.6 Å². The molecular weight excluding hydrogens is 216 g/mol. The number of hydrogen-bond acceptors (Lipinski definition) is 2. The van der Waals surface area contributed by atoms with Gasteiger partial charge in [0.1, 0.15) is 6.04 Å². The number of likely N-dealkylation sites (tertiary alicyclic amines) is 2. The van der Waals surface area contributed by atoms with E-state index in [1.54, 1.807) is 11.8 Å². The number of rotatable bonds is 1. The maximum Gasteiger partial charge on any atom is 0.245 e. The van der Waals surface area contributed by atoms with Gasteiger partial charge in [-0.05, 0) is 38.0 Å². The Labute approximate surface area is 102 Å². The van der Waals surface area contributed by atoms with Crippen molar-refractivity contribution in [3.63, 3.8) is 0 Å². The molecule has 4 heteroatoms. The molecule has 3 aliphatic rings. The van der Waals surface area contributed by atoms with E-state index in [2.05, 4.69) is 4.90 Å². The van der Waals surface area contributed by atoms with Crippen LogP contribution in [-0.4, -0.2) is 46.8 Å². The van der Waals surface area contributed by atoms with Crippen LogP contribution in [0.3, 0.4) is 0 Å². The van der Waals surface area contributed by atoms with Gasteiger partial charge in [0.15, 0.2) is 0 Å². The molecular formula is C13H20N2O2. The second kappa shape index (κ2) is 4.00. The smallest absolute Gasteiger partial charge is 0.245 e. The molecule has 2 unspecified atom stereocenters. The van der Waals surface area contributed by atoms with Crippen LogP contribution in [0.1, 0.15) is 39.0 Å². The third-order valence-corrected chi connectivity index (χ3v) is 4.63. The van der Waals surface area contributed by atoms with E-state index >= 15 is 0 Å². The largest absolute Gasteiger partial charge is 0.338 e. The van der Waals surface area contributed by atoms with E-state index in [4.69, 9.17) is 0 Å². The summed E-state index contributed by atoms with van der Waals surface area (Å²) in [6.07, 6.45) is 5.47. The van der Waals surface area contributed by atoms with Crippen LogP contribution in [0.15, 0.2) is 0 Å². The van der Waals surface area contributed by atoms with Crippen molar-refractivity contribution in [2.24, 2.45) is 5.92 Å². The molecule has 0 aromatic rings. The summed E-state index contributed by atoms with van der Waals surface area (Å²) in [4.78, 5) is 27.8. The summed E-state index contributed by atoms with van der Waals surface area (Å²) < 4.78 is 0. The first kappa shape index (κ1) is 11.1. The van der Waals surface area contributed by atoms with Gasteiger partial charge in [-0.15, -0.1) is 0 Å². The minimum atomic E-state index is -0.160. The minimum Gasteiger partial charge on any atom is -0.338 e. The fourth-order valence-electron chi connectivity index (χ4n) is 3.79. The molecule has 3 atom stereocenters. The second-order valence-corrected chi connectivity index (χ2v) is 5.69. The van der Waals surface area contributed by atoms with Crippen molar-refractivity contribution in [2.75, 3.05) is 13.1 Å². The molecule has 0 radical (unpaired) electrons. The molecule has 0 aromatic heterocycles. The van der Waals surface area contributed by atoms with E-state index in [1.807, 2.05) is 0 Å². The molecule has 0 spiro atoms. The Morgan fingerprint density at radius 2 is 1.94 bits per heavy atom. The van der Waals surface area contributed by atoms with Crippen LogP contribution in [0.5, 0.6) is 0 Å². The van der Waals surface area contributed by atoms with E-state index in [-0.39, 0.29) is 17.9 Å². The number of carbonyl (C=O) groups is 2. The molecule has 2 bridgehead atoms. The maximum absolute atomic E-state index is 12.5. The lowest BCUT2D eigenvalue weighted by atomic mass is 10.1. The van der Waals surface area contributed by atoms with Crippen LogP contribution in [0.4, 0.5) is 0 Å².